The van der Waals surface area contributed by atoms with E-state index in [2.05, 4.69) is 10.6 Å². The van der Waals surface area contributed by atoms with Crippen LogP contribution in [0.2, 0.25) is 0 Å². The van der Waals surface area contributed by atoms with E-state index in [0.717, 1.165) is 0 Å². The molecule has 3 amide bonds. The second kappa shape index (κ2) is 7.33. The zero-order valence-electron chi connectivity index (χ0n) is 14.3. The maximum Gasteiger partial charge on any atom is 0.375 e. The first-order valence-corrected chi connectivity index (χ1v) is 7.70. The third-order valence-electron chi connectivity index (χ3n) is 3.41. The maximum atomic E-state index is 13.7. The number of esters is 1. The number of benzene rings is 1. The Balaban J connectivity index is 2.09. The van der Waals surface area contributed by atoms with E-state index in [-0.39, 0.29) is 17.4 Å². The number of hydrogen-bond acceptors (Lipinski definition) is 5. The topological polar surface area (TPSA) is 97.6 Å². The van der Waals surface area contributed by atoms with E-state index < -0.39 is 29.8 Å². The number of rotatable bonds is 4. The lowest BCUT2D eigenvalue weighted by atomic mass is 10.1. The van der Waals surface area contributed by atoms with Gasteiger partial charge in [0.15, 0.2) is 17.5 Å². The number of ether oxygens (including phenoxy) is 1. The molecule has 0 fully saturated rings. The standard InChI is InChI=1S/C17H19FN2O5/c1-8(2)19-17(23)20-15(21)10(4)24-16(22)13-9(3)11-6-5-7-12(18)14(11)25-13/h5-8,10H,1-4H3,(H2,19,20,21,23)/t10-/m1/s1. The Hall–Kier alpha value is -2.90. The zero-order valence-corrected chi connectivity index (χ0v) is 14.3. The van der Waals surface area contributed by atoms with Crippen LogP contribution in [0.4, 0.5) is 9.18 Å². The molecule has 25 heavy (non-hydrogen) atoms. The molecule has 7 nitrogen and oxygen atoms in total. The molecule has 134 valence electrons. The van der Waals surface area contributed by atoms with Crippen molar-refractivity contribution < 1.29 is 27.9 Å². The summed E-state index contributed by atoms with van der Waals surface area (Å²) in [6.45, 7) is 6.37. The van der Waals surface area contributed by atoms with Crippen molar-refractivity contribution in [1.29, 1.82) is 0 Å². The Labute approximate surface area is 143 Å². The molecule has 0 saturated carbocycles. The highest BCUT2D eigenvalue weighted by atomic mass is 19.1. The molecule has 0 saturated heterocycles. The molecule has 2 N–H and O–H groups in total. The first-order chi connectivity index (χ1) is 11.7. The van der Waals surface area contributed by atoms with Gasteiger partial charge in [0.05, 0.1) is 0 Å². The van der Waals surface area contributed by atoms with Crippen LogP contribution in [-0.2, 0) is 9.53 Å². The number of halogens is 1. The lowest BCUT2D eigenvalue weighted by Gasteiger charge is -2.13. The smallest absolute Gasteiger partial charge is 0.375 e. The maximum absolute atomic E-state index is 13.7. The number of hydrogen-bond donors (Lipinski definition) is 2. The molecule has 0 aliphatic carbocycles. The molecule has 2 rings (SSSR count). The van der Waals surface area contributed by atoms with Crippen LogP contribution < -0.4 is 10.6 Å². The highest BCUT2D eigenvalue weighted by Crippen LogP contribution is 2.27. The number of nitrogens with one attached hydrogen (secondary N) is 2. The number of carbonyl (C=O) groups is 3. The van der Waals surface area contributed by atoms with E-state index in [1.165, 1.54) is 19.1 Å². The largest absolute Gasteiger partial charge is 0.447 e. The predicted octanol–water partition coefficient (Wildman–Crippen LogP) is 2.66. The quantitative estimate of drug-likeness (QED) is 0.826. The monoisotopic (exact) mass is 350 g/mol. The van der Waals surface area contributed by atoms with E-state index in [1.54, 1.807) is 26.8 Å². The number of para-hydroxylation sites is 1. The van der Waals surface area contributed by atoms with Crippen molar-refractivity contribution in [2.45, 2.75) is 39.8 Å². The summed E-state index contributed by atoms with van der Waals surface area (Å²) >= 11 is 0. The van der Waals surface area contributed by atoms with Crippen LogP contribution in [0.25, 0.3) is 11.0 Å². The minimum absolute atomic E-state index is 0.0552. The summed E-state index contributed by atoms with van der Waals surface area (Å²) < 4.78 is 24.0. The summed E-state index contributed by atoms with van der Waals surface area (Å²) in [5.41, 5.74) is 0.352. The minimum atomic E-state index is -1.23. The second-order valence-electron chi connectivity index (χ2n) is 5.84. The minimum Gasteiger partial charge on any atom is -0.447 e. The Morgan fingerprint density at radius 1 is 1.20 bits per heavy atom. The molecular weight excluding hydrogens is 331 g/mol. The Kier molecular flexibility index (Phi) is 5.41. The van der Waals surface area contributed by atoms with Gasteiger partial charge in [-0.05, 0) is 33.8 Å². The predicted molar refractivity (Wildman–Crippen MR) is 87.6 cm³/mol. The average Bonchev–Trinajstić information content (AvgIpc) is 2.85. The number of imide groups is 1. The molecule has 2 aromatic rings. The van der Waals surface area contributed by atoms with Crippen molar-refractivity contribution in [3.8, 4) is 0 Å². The highest BCUT2D eigenvalue weighted by molar-refractivity contribution is 6.00. The molecule has 0 aliphatic heterocycles. The number of aryl methyl sites for hydroxylation is 1. The fourth-order valence-electron chi connectivity index (χ4n) is 2.18. The molecule has 0 unspecified atom stereocenters. The van der Waals surface area contributed by atoms with Crippen LogP contribution in [-0.4, -0.2) is 30.1 Å². The van der Waals surface area contributed by atoms with Crippen LogP contribution in [0.1, 0.15) is 36.9 Å². The van der Waals surface area contributed by atoms with E-state index in [4.69, 9.17) is 9.15 Å². The SMILES string of the molecule is Cc1c(C(=O)O[C@H](C)C(=O)NC(=O)NC(C)C)oc2c(F)cccc12. The summed E-state index contributed by atoms with van der Waals surface area (Å²) in [7, 11) is 0. The summed E-state index contributed by atoms with van der Waals surface area (Å²) in [5.74, 6) is -2.49. The Morgan fingerprint density at radius 2 is 1.88 bits per heavy atom. The highest BCUT2D eigenvalue weighted by Gasteiger charge is 2.25. The first kappa shape index (κ1) is 18.4. The molecule has 0 spiro atoms. The Morgan fingerprint density at radius 3 is 2.48 bits per heavy atom. The van der Waals surface area contributed by atoms with E-state index in [0.29, 0.717) is 10.9 Å². The van der Waals surface area contributed by atoms with Gasteiger partial charge in [-0.25, -0.2) is 14.0 Å². The number of furan rings is 1. The van der Waals surface area contributed by atoms with Crippen LogP contribution in [0, 0.1) is 12.7 Å². The third kappa shape index (κ3) is 4.14. The van der Waals surface area contributed by atoms with Gasteiger partial charge >= 0.3 is 12.0 Å². The molecule has 0 bridgehead atoms. The molecule has 1 aromatic carbocycles. The van der Waals surface area contributed by atoms with Crippen molar-refractivity contribution >= 4 is 28.9 Å². The van der Waals surface area contributed by atoms with Gasteiger partial charge in [0, 0.05) is 17.0 Å². The Bertz CT molecular complexity index is 828. The zero-order chi connectivity index (χ0) is 18.7. The molecule has 1 atom stereocenters. The molecule has 1 heterocycles. The van der Waals surface area contributed by atoms with Gasteiger partial charge in [-0.3, -0.25) is 10.1 Å². The number of amides is 3. The van der Waals surface area contributed by atoms with Crippen LogP contribution in [0.15, 0.2) is 22.6 Å². The molecule has 8 heteroatoms. The molecular formula is C17H19FN2O5. The number of urea groups is 1. The van der Waals surface area contributed by atoms with Gasteiger partial charge in [0.2, 0.25) is 5.76 Å². The lowest BCUT2D eigenvalue weighted by molar-refractivity contribution is -0.128. The third-order valence-corrected chi connectivity index (χ3v) is 3.41. The van der Waals surface area contributed by atoms with Gasteiger partial charge in [0.25, 0.3) is 5.91 Å². The summed E-state index contributed by atoms with van der Waals surface area (Å²) in [5, 5.41) is 4.98. The van der Waals surface area contributed by atoms with Crippen molar-refractivity contribution in [2.75, 3.05) is 0 Å². The van der Waals surface area contributed by atoms with Crippen molar-refractivity contribution in [3.63, 3.8) is 0 Å². The fourth-order valence-corrected chi connectivity index (χ4v) is 2.18. The van der Waals surface area contributed by atoms with Crippen molar-refractivity contribution in [1.82, 2.24) is 10.6 Å². The van der Waals surface area contributed by atoms with E-state index in [1.807, 2.05) is 0 Å². The lowest BCUT2D eigenvalue weighted by Crippen LogP contribution is -2.46. The van der Waals surface area contributed by atoms with Gasteiger partial charge in [0.1, 0.15) is 0 Å². The average molecular weight is 350 g/mol. The first-order valence-electron chi connectivity index (χ1n) is 7.70. The van der Waals surface area contributed by atoms with Gasteiger partial charge in [-0.1, -0.05) is 12.1 Å². The molecule has 0 aliphatic rings. The van der Waals surface area contributed by atoms with Gasteiger partial charge in [-0.2, -0.15) is 0 Å². The summed E-state index contributed by atoms with van der Waals surface area (Å²) in [4.78, 5) is 35.6. The molecule has 1 aromatic heterocycles. The van der Waals surface area contributed by atoms with Crippen molar-refractivity contribution in [2.24, 2.45) is 0 Å². The van der Waals surface area contributed by atoms with Crippen LogP contribution in [0.5, 0.6) is 0 Å². The normalized spacial score (nSPS) is 12.1. The summed E-state index contributed by atoms with van der Waals surface area (Å²) in [6.07, 6.45) is -1.23. The van der Waals surface area contributed by atoms with E-state index in [9.17, 15) is 18.8 Å². The van der Waals surface area contributed by atoms with Gasteiger partial charge < -0.3 is 14.5 Å². The van der Waals surface area contributed by atoms with Crippen LogP contribution >= 0.6 is 0 Å². The van der Waals surface area contributed by atoms with Crippen LogP contribution in [0.3, 0.4) is 0 Å². The number of carbonyl (C=O) groups excluding carboxylic acids is 3. The second-order valence-corrected chi connectivity index (χ2v) is 5.84. The summed E-state index contributed by atoms with van der Waals surface area (Å²) in [6, 6.07) is 3.48. The van der Waals surface area contributed by atoms with E-state index >= 15 is 0 Å². The fraction of sp³-hybridized carbons (Fsp3) is 0.353. The van der Waals surface area contributed by atoms with Crippen molar-refractivity contribution in [3.05, 3.63) is 35.3 Å². The number of fused-ring (bicyclic) bond motifs is 1. The molecule has 0 radical (unpaired) electrons. The van der Waals surface area contributed by atoms with Gasteiger partial charge in [-0.15, -0.1) is 0 Å².